The highest BCUT2D eigenvalue weighted by Gasteiger charge is 2.47. The van der Waals surface area contributed by atoms with E-state index >= 15 is 0 Å². The fourth-order valence-electron chi connectivity index (χ4n) is 6.40. The lowest BCUT2D eigenvalue weighted by molar-refractivity contribution is -0.144. The molecule has 1 aliphatic heterocycles. The Morgan fingerprint density at radius 3 is 2.39 bits per heavy atom. The SMILES string of the molecule is CCOc1cc([C@@H]2C(C(=O)OC3CCCC3)=C(C)N=C3C[C@@H](c4ccc(OC)c(OC)c4)CC(=O)C32)cc(Br)c1O. The van der Waals surface area contributed by atoms with Gasteiger partial charge in [-0.05, 0) is 103 Å². The first-order valence-corrected chi connectivity index (χ1v) is 14.9. The number of ketones is 1. The molecule has 3 atom stereocenters. The number of carbonyl (C=O) groups is 2. The quantitative estimate of drug-likeness (QED) is 0.328. The number of nitrogens with zero attached hydrogens (tertiary/aromatic N) is 1. The topological polar surface area (TPSA) is 104 Å². The minimum Gasteiger partial charge on any atom is -0.503 e. The van der Waals surface area contributed by atoms with Gasteiger partial charge in [0.05, 0.1) is 36.8 Å². The van der Waals surface area contributed by atoms with Gasteiger partial charge in [-0.1, -0.05) is 6.07 Å². The van der Waals surface area contributed by atoms with Gasteiger partial charge in [0.25, 0.3) is 0 Å². The fourth-order valence-corrected chi connectivity index (χ4v) is 6.86. The van der Waals surface area contributed by atoms with Crippen LogP contribution in [0.15, 0.2) is 51.1 Å². The predicted octanol–water partition coefficient (Wildman–Crippen LogP) is 6.63. The van der Waals surface area contributed by atoms with E-state index in [1.165, 1.54) is 0 Å². The molecule has 0 bridgehead atoms. The van der Waals surface area contributed by atoms with Gasteiger partial charge < -0.3 is 24.1 Å². The molecule has 0 amide bonds. The van der Waals surface area contributed by atoms with E-state index in [9.17, 15) is 14.7 Å². The van der Waals surface area contributed by atoms with Crippen molar-refractivity contribution < 1.29 is 33.6 Å². The zero-order valence-corrected chi connectivity index (χ0v) is 25.5. The Kier molecular flexibility index (Phi) is 8.73. The largest absolute Gasteiger partial charge is 0.503 e. The Balaban J connectivity index is 1.58. The zero-order chi connectivity index (χ0) is 29.3. The van der Waals surface area contributed by atoms with E-state index in [0.29, 0.717) is 45.8 Å². The molecule has 2 aromatic carbocycles. The van der Waals surface area contributed by atoms with E-state index in [1.807, 2.05) is 32.0 Å². The molecule has 1 unspecified atom stereocenters. The van der Waals surface area contributed by atoms with Crippen LogP contribution in [0.25, 0.3) is 0 Å². The number of aliphatic imine (C=N–C) groups is 1. The average Bonchev–Trinajstić information content (AvgIpc) is 3.47. The number of benzene rings is 2. The number of phenolic OH excluding ortho intramolecular Hbond substituents is 1. The lowest BCUT2D eigenvalue weighted by Gasteiger charge is -2.38. The van der Waals surface area contributed by atoms with Crippen molar-refractivity contribution in [1.29, 1.82) is 0 Å². The molecule has 2 fully saturated rings. The summed E-state index contributed by atoms with van der Waals surface area (Å²) in [6, 6.07) is 9.20. The lowest BCUT2D eigenvalue weighted by atomic mass is 9.66. The third kappa shape index (κ3) is 5.73. The maximum absolute atomic E-state index is 14.1. The van der Waals surface area contributed by atoms with Gasteiger partial charge >= 0.3 is 5.97 Å². The first-order valence-electron chi connectivity index (χ1n) is 14.1. The molecule has 1 heterocycles. The second kappa shape index (κ2) is 12.3. The van der Waals surface area contributed by atoms with Crippen molar-refractivity contribution >= 4 is 33.4 Å². The van der Waals surface area contributed by atoms with E-state index in [0.717, 1.165) is 37.0 Å². The minimum absolute atomic E-state index is 0.000564. The smallest absolute Gasteiger partial charge is 0.336 e. The monoisotopic (exact) mass is 625 g/mol. The number of aromatic hydroxyl groups is 1. The highest BCUT2D eigenvalue weighted by Crippen LogP contribution is 2.49. The van der Waals surface area contributed by atoms with Crippen molar-refractivity contribution in [3.63, 3.8) is 0 Å². The summed E-state index contributed by atoms with van der Waals surface area (Å²) in [5.74, 6) is -0.290. The second-order valence-corrected chi connectivity index (χ2v) is 11.7. The number of fused-ring (bicyclic) bond motifs is 1. The Morgan fingerprint density at radius 1 is 1.00 bits per heavy atom. The highest BCUT2D eigenvalue weighted by atomic mass is 79.9. The summed E-state index contributed by atoms with van der Waals surface area (Å²) in [7, 11) is 3.18. The maximum Gasteiger partial charge on any atom is 0.336 e. The number of methoxy groups -OCH3 is 2. The fraction of sp³-hybridized carbons (Fsp3) is 0.469. The van der Waals surface area contributed by atoms with Crippen molar-refractivity contribution in [3.05, 3.63) is 57.2 Å². The predicted molar refractivity (Wildman–Crippen MR) is 158 cm³/mol. The molecule has 2 saturated carbocycles. The third-order valence-corrected chi connectivity index (χ3v) is 8.94. The third-order valence-electron chi connectivity index (χ3n) is 8.34. The molecule has 0 spiro atoms. The van der Waals surface area contributed by atoms with E-state index in [-0.39, 0.29) is 35.7 Å². The number of Topliss-reactive ketones (excluding diaryl/α,β-unsaturated/α-hetero) is 1. The summed E-state index contributed by atoms with van der Waals surface area (Å²) in [5.41, 5.74) is 3.33. The number of rotatable bonds is 8. The van der Waals surface area contributed by atoms with Crippen molar-refractivity contribution in [1.82, 2.24) is 0 Å². The number of ether oxygens (including phenoxy) is 4. The van der Waals surface area contributed by atoms with Crippen LogP contribution in [0.4, 0.5) is 0 Å². The maximum atomic E-state index is 14.1. The number of esters is 1. The number of phenols is 1. The normalized spacial score (nSPS) is 22.7. The number of halogens is 1. The summed E-state index contributed by atoms with van der Waals surface area (Å²) >= 11 is 3.45. The highest BCUT2D eigenvalue weighted by molar-refractivity contribution is 9.10. The van der Waals surface area contributed by atoms with Gasteiger partial charge in [-0.3, -0.25) is 9.79 Å². The van der Waals surface area contributed by atoms with E-state index in [4.69, 9.17) is 23.9 Å². The van der Waals surface area contributed by atoms with Crippen LogP contribution >= 0.6 is 15.9 Å². The standard InChI is InChI=1S/C32H36BrNO7/c1-5-40-27-16-20(12-22(33)31(27)36)29-28(32(37)41-21-8-6-7-9-21)17(2)34-23-13-19(14-24(35)30(23)29)18-10-11-25(38-3)26(15-18)39-4/h10-12,15-16,19,21,29-30,36H,5-9,13-14H2,1-4H3/t19-,29-,30?/m1/s1. The van der Waals surface area contributed by atoms with Crippen LogP contribution in [0, 0.1) is 5.92 Å². The van der Waals surface area contributed by atoms with Crippen LogP contribution < -0.4 is 14.2 Å². The lowest BCUT2D eigenvalue weighted by Crippen LogP contribution is -2.41. The van der Waals surface area contributed by atoms with Gasteiger partial charge in [0.2, 0.25) is 0 Å². The summed E-state index contributed by atoms with van der Waals surface area (Å²) in [4.78, 5) is 32.7. The molecule has 0 radical (unpaired) electrons. The molecule has 218 valence electrons. The van der Waals surface area contributed by atoms with Crippen molar-refractivity contribution in [3.8, 4) is 23.0 Å². The number of hydrogen-bond acceptors (Lipinski definition) is 8. The summed E-state index contributed by atoms with van der Waals surface area (Å²) in [5, 5.41) is 10.6. The first kappa shape index (κ1) is 29.2. The summed E-state index contributed by atoms with van der Waals surface area (Å²) in [6.07, 6.45) is 4.46. The first-order chi connectivity index (χ1) is 19.7. The molecular formula is C32H36BrNO7. The Morgan fingerprint density at radius 2 is 1.71 bits per heavy atom. The van der Waals surface area contributed by atoms with Gasteiger partial charge in [0, 0.05) is 23.7 Å². The van der Waals surface area contributed by atoms with Crippen molar-refractivity contribution in [2.24, 2.45) is 10.9 Å². The molecule has 2 aromatic rings. The van der Waals surface area contributed by atoms with Gasteiger partial charge in [0.1, 0.15) is 11.9 Å². The van der Waals surface area contributed by atoms with Crippen LogP contribution in [-0.4, -0.2) is 49.5 Å². The van der Waals surface area contributed by atoms with Crippen LogP contribution in [0.2, 0.25) is 0 Å². The van der Waals surface area contributed by atoms with E-state index in [2.05, 4.69) is 15.9 Å². The van der Waals surface area contributed by atoms with E-state index < -0.39 is 17.8 Å². The van der Waals surface area contributed by atoms with Crippen molar-refractivity contribution in [2.45, 2.75) is 70.3 Å². The molecule has 5 rings (SSSR count). The Labute approximate surface area is 248 Å². The molecule has 1 N–H and O–H groups in total. The summed E-state index contributed by atoms with van der Waals surface area (Å²) < 4.78 is 23.0. The van der Waals surface area contributed by atoms with E-state index in [1.54, 1.807) is 26.4 Å². The van der Waals surface area contributed by atoms with Crippen LogP contribution in [0.1, 0.15) is 75.3 Å². The number of carbonyl (C=O) groups excluding carboxylic acids is 2. The van der Waals surface area contributed by atoms with Gasteiger partial charge in [-0.2, -0.15) is 0 Å². The summed E-state index contributed by atoms with van der Waals surface area (Å²) in [6.45, 7) is 3.99. The molecular weight excluding hydrogens is 590 g/mol. The molecule has 41 heavy (non-hydrogen) atoms. The zero-order valence-electron chi connectivity index (χ0n) is 23.9. The molecule has 3 aliphatic rings. The van der Waals surface area contributed by atoms with Gasteiger partial charge in [-0.15, -0.1) is 0 Å². The Bertz CT molecular complexity index is 1410. The average molecular weight is 627 g/mol. The molecule has 0 aromatic heterocycles. The second-order valence-electron chi connectivity index (χ2n) is 10.8. The number of allylic oxidation sites excluding steroid dienone is 1. The minimum atomic E-state index is -0.632. The molecule has 0 saturated heterocycles. The van der Waals surface area contributed by atoms with Crippen molar-refractivity contribution in [2.75, 3.05) is 20.8 Å². The Hall–Kier alpha value is -3.33. The molecule has 9 heteroatoms. The number of hydrogen-bond donors (Lipinski definition) is 1. The molecule has 2 aliphatic carbocycles. The van der Waals surface area contributed by atoms with Crippen LogP contribution in [-0.2, 0) is 14.3 Å². The van der Waals surface area contributed by atoms with Gasteiger partial charge in [0.15, 0.2) is 23.0 Å². The van der Waals surface area contributed by atoms with Crippen LogP contribution in [0.5, 0.6) is 23.0 Å². The van der Waals surface area contributed by atoms with Gasteiger partial charge in [-0.25, -0.2) is 4.79 Å². The van der Waals surface area contributed by atoms with Crippen LogP contribution in [0.3, 0.4) is 0 Å². The molecule has 8 nitrogen and oxygen atoms in total.